The number of nitrogens with zero attached hydrogens (tertiary/aromatic N) is 5. The van der Waals surface area contributed by atoms with Gasteiger partial charge in [-0.15, -0.1) is 0 Å². The summed E-state index contributed by atoms with van der Waals surface area (Å²) < 4.78 is 35.4. The van der Waals surface area contributed by atoms with Crippen LogP contribution in [0.5, 0.6) is 0 Å². The summed E-state index contributed by atoms with van der Waals surface area (Å²) in [5, 5.41) is 0. The van der Waals surface area contributed by atoms with Crippen LogP contribution in [0.25, 0.3) is 15.8 Å². The average Bonchev–Trinajstić information content (AvgIpc) is 2.89. The summed E-state index contributed by atoms with van der Waals surface area (Å²) >= 11 is 0. The van der Waals surface area contributed by atoms with Crippen LogP contribution in [-0.2, 0) is 19.6 Å². The number of rotatable bonds is 6. The number of amides is 1. The molecule has 0 saturated carbocycles. The molecule has 11 heteroatoms. The molecule has 2 aliphatic rings. The van der Waals surface area contributed by atoms with E-state index >= 15 is 0 Å². The Balaban J connectivity index is 1.34. The number of fused-ring (bicyclic) bond motifs is 1. The Morgan fingerprint density at radius 3 is 2.23 bits per heavy atom. The Labute approximate surface area is 204 Å². The van der Waals surface area contributed by atoms with E-state index in [1.807, 2.05) is 28.0 Å². The lowest BCUT2D eigenvalue weighted by Gasteiger charge is -2.36. The number of quaternary nitrogens is 1. The van der Waals surface area contributed by atoms with Gasteiger partial charge in [0.15, 0.2) is 6.54 Å². The summed E-state index contributed by atoms with van der Waals surface area (Å²) in [6.07, 6.45) is 0. The summed E-state index contributed by atoms with van der Waals surface area (Å²) in [5.74, 6) is 0.675. The third-order valence-corrected chi connectivity index (χ3v) is 7.60. The fourth-order valence-corrected chi connectivity index (χ4v) is 5.32. The first-order valence-corrected chi connectivity index (χ1v) is 13.2. The minimum absolute atomic E-state index is 0.0837. The number of sulfonamides is 1. The molecule has 0 bridgehead atoms. The number of hydrogen-bond donors (Lipinski definition) is 1. The molecule has 3 aromatic rings. The molecule has 1 aromatic heterocycles. The number of carbonyl (C=O) groups excluding carboxylic acids is 1. The lowest BCUT2D eigenvalue weighted by molar-refractivity contribution is -0.892. The van der Waals surface area contributed by atoms with Gasteiger partial charge in [-0.3, -0.25) is 4.79 Å². The van der Waals surface area contributed by atoms with E-state index in [2.05, 4.69) is 9.71 Å². The first-order chi connectivity index (χ1) is 17.0. The van der Waals surface area contributed by atoms with Crippen LogP contribution >= 0.6 is 0 Å². The van der Waals surface area contributed by atoms with Crippen molar-refractivity contribution in [2.75, 3.05) is 63.9 Å². The molecular weight excluding hydrogens is 468 g/mol. The molecule has 3 heterocycles. The van der Waals surface area contributed by atoms with Crippen LogP contribution in [0.1, 0.15) is 0 Å². The highest BCUT2D eigenvalue weighted by molar-refractivity contribution is 7.94. The zero-order chi connectivity index (χ0) is 24.3. The second-order valence-corrected chi connectivity index (χ2v) is 10.3. The van der Waals surface area contributed by atoms with E-state index in [1.54, 1.807) is 24.3 Å². The number of carbonyl (C=O) groups is 1. The number of anilines is 1. The van der Waals surface area contributed by atoms with Crippen molar-refractivity contribution in [3.63, 3.8) is 0 Å². The van der Waals surface area contributed by atoms with Crippen molar-refractivity contribution < 1.29 is 22.8 Å². The third kappa shape index (κ3) is 5.37. The summed E-state index contributed by atoms with van der Waals surface area (Å²) in [6.45, 7) is 5.61. The summed E-state index contributed by atoms with van der Waals surface area (Å²) in [7, 11) is -3.95. The molecule has 1 amide bonds. The number of aromatic nitrogens is 2. The zero-order valence-corrected chi connectivity index (χ0v) is 20.2. The second-order valence-electron chi connectivity index (χ2n) is 8.65. The standard InChI is InChI=1S/C24H27N6O4S/c31-22(29-14-16-34-17-15-29)18-28-10-12-30(13-11-28)24-23(25-20-8-4-5-9-21(20)26-24)27-35(32,33)19-6-2-1-3-7-19/h1-9H,10-18H2/q-1/p+1. The minimum atomic E-state index is -3.95. The van der Waals surface area contributed by atoms with Crippen molar-refractivity contribution in [1.29, 1.82) is 0 Å². The predicted molar refractivity (Wildman–Crippen MR) is 131 cm³/mol. The molecule has 0 radical (unpaired) electrons. The number of hydrogen-bond acceptors (Lipinski definition) is 7. The van der Waals surface area contributed by atoms with E-state index in [-0.39, 0.29) is 16.6 Å². The molecule has 184 valence electrons. The van der Waals surface area contributed by atoms with Crippen molar-refractivity contribution in [3.05, 3.63) is 59.3 Å². The van der Waals surface area contributed by atoms with Crippen LogP contribution < -0.4 is 9.80 Å². The van der Waals surface area contributed by atoms with Gasteiger partial charge in [0.2, 0.25) is 10.0 Å². The highest BCUT2D eigenvalue weighted by Gasteiger charge is 2.27. The molecule has 1 N–H and O–H groups in total. The van der Waals surface area contributed by atoms with Gasteiger partial charge in [0.25, 0.3) is 5.91 Å². The highest BCUT2D eigenvalue weighted by Crippen LogP contribution is 2.35. The molecule has 2 aliphatic heterocycles. The average molecular weight is 497 g/mol. The van der Waals surface area contributed by atoms with Gasteiger partial charge in [-0.05, 0) is 29.5 Å². The summed E-state index contributed by atoms with van der Waals surface area (Å²) in [6, 6.07) is 15.5. The highest BCUT2D eigenvalue weighted by atomic mass is 32.2. The first-order valence-electron chi connectivity index (χ1n) is 11.7. The van der Waals surface area contributed by atoms with Crippen molar-refractivity contribution in [3.8, 4) is 0 Å². The molecule has 0 unspecified atom stereocenters. The third-order valence-electron chi connectivity index (χ3n) is 6.32. The largest absolute Gasteiger partial charge is 0.431 e. The molecule has 2 fully saturated rings. The van der Waals surface area contributed by atoms with E-state index in [9.17, 15) is 13.2 Å². The minimum Gasteiger partial charge on any atom is -0.431 e. The van der Waals surface area contributed by atoms with Gasteiger partial charge in [-0.2, -0.15) is 0 Å². The second kappa shape index (κ2) is 10.1. The van der Waals surface area contributed by atoms with Crippen molar-refractivity contribution >= 4 is 38.6 Å². The molecule has 35 heavy (non-hydrogen) atoms. The number of morpholine rings is 1. The molecule has 5 rings (SSSR count). The lowest BCUT2D eigenvalue weighted by Crippen LogP contribution is -3.16. The Morgan fingerprint density at radius 2 is 1.54 bits per heavy atom. The van der Waals surface area contributed by atoms with E-state index in [0.29, 0.717) is 62.8 Å². The van der Waals surface area contributed by atoms with Gasteiger partial charge < -0.3 is 29.1 Å². The summed E-state index contributed by atoms with van der Waals surface area (Å²) in [4.78, 5) is 27.1. The monoisotopic (exact) mass is 496 g/mol. The normalized spacial score (nSPS) is 17.5. The number of para-hydroxylation sites is 2. The summed E-state index contributed by atoms with van der Waals surface area (Å²) in [5.41, 5.74) is 1.26. The van der Waals surface area contributed by atoms with Gasteiger partial charge in [-0.1, -0.05) is 36.4 Å². The smallest absolute Gasteiger partial charge is 0.277 e. The predicted octanol–water partition coefficient (Wildman–Crippen LogP) is 0.588. The Kier molecular flexibility index (Phi) is 6.80. The molecule has 0 atom stereocenters. The molecule has 0 aliphatic carbocycles. The molecule has 10 nitrogen and oxygen atoms in total. The maximum absolute atomic E-state index is 13.0. The molecule has 2 aromatic carbocycles. The number of benzene rings is 2. The quantitative estimate of drug-likeness (QED) is 0.532. The maximum Gasteiger partial charge on any atom is 0.277 e. The van der Waals surface area contributed by atoms with E-state index in [1.165, 1.54) is 17.0 Å². The van der Waals surface area contributed by atoms with Crippen LogP contribution in [0.15, 0.2) is 59.5 Å². The maximum atomic E-state index is 13.0. The SMILES string of the molecule is O=C(C[NH+]1CCN(c2nc3ccccc3nc2[N-]S(=O)(=O)c2ccccc2)CC1)N1CCOCC1. The Hall–Kier alpha value is -3.28. The molecule has 2 saturated heterocycles. The number of nitrogens with one attached hydrogen (secondary N) is 1. The molecular formula is C24H28N6O4S. The lowest BCUT2D eigenvalue weighted by atomic mass is 10.2. The van der Waals surface area contributed by atoms with Gasteiger partial charge in [0.1, 0.15) is 5.82 Å². The van der Waals surface area contributed by atoms with E-state index in [0.717, 1.165) is 13.1 Å². The Bertz CT molecular complexity index is 1290. The fourth-order valence-electron chi connectivity index (χ4n) is 4.36. The van der Waals surface area contributed by atoms with Crippen molar-refractivity contribution in [1.82, 2.24) is 14.9 Å². The van der Waals surface area contributed by atoms with Gasteiger partial charge in [-0.25, -0.2) is 13.4 Å². The topological polar surface area (TPSA) is 111 Å². The van der Waals surface area contributed by atoms with Gasteiger partial charge >= 0.3 is 0 Å². The van der Waals surface area contributed by atoms with Crippen molar-refractivity contribution in [2.45, 2.75) is 4.90 Å². The van der Waals surface area contributed by atoms with Crippen LogP contribution in [0.2, 0.25) is 0 Å². The van der Waals surface area contributed by atoms with Crippen LogP contribution in [0.3, 0.4) is 0 Å². The molecule has 0 spiro atoms. The fraction of sp³-hybridized carbons (Fsp3) is 0.375. The zero-order valence-electron chi connectivity index (χ0n) is 19.3. The van der Waals surface area contributed by atoms with Crippen LogP contribution in [0, 0.1) is 0 Å². The van der Waals surface area contributed by atoms with E-state index in [4.69, 9.17) is 9.72 Å². The first kappa shape index (κ1) is 23.5. The van der Waals surface area contributed by atoms with E-state index < -0.39 is 10.0 Å². The van der Waals surface area contributed by atoms with Crippen LogP contribution in [0.4, 0.5) is 11.6 Å². The van der Waals surface area contributed by atoms with Crippen LogP contribution in [-0.4, -0.2) is 88.2 Å². The Morgan fingerprint density at radius 1 is 0.914 bits per heavy atom. The van der Waals surface area contributed by atoms with Gasteiger partial charge in [0.05, 0.1) is 49.8 Å². The number of piperazine rings is 1. The number of ether oxygens (including phenoxy) is 1. The van der Waals surface area contributed by atoms with Gasteiger partial charge in [0, 0.05) is 13.1 Å². The van der Waals surface area contributed by atoms with Crippen molar-refractivity contribution in [2.24, 2.45) is 0 Å².